The molecule has 120 valence electrons. The monoisotopic (exact) mass is 423 g/mol. The van der Waals surface area contributed by atoms with Crippen LogP contribution in [0.3, 0.4) is 0 Å². The minimum Gasteiger partial charge on any atom is -0.481 e. The lowest BCUT2D eigenvalue weighted by Crippen LogP contribution is -2.29. The van der Waals surface area contributed by atoms with E-state index in [0.29, 0.717) is 5.69 Å². The third kappa shape index (κ3) is 4.79. The lowest BCUT2D eigenvalue weighted by molar-refractivity contribution is -0.140. The summed E-state index contributed by atoms with van der Waals surface area (Å²) in [5.41, 5.74) is 1.66. The molecule has 0 aliphatic rings. The van der Waals surface area contributed by atoms with E-state index in [2.05, 4.69) is 27.9 Å². The number of benzene rings is 2. The Balaban J connectivity index is 2.22. The van der Waals surface area contributed by atoms with E-state index in [4.69, 9.17) is 5.11 Å². The Hall–Kier alpha value is -1.89. The fourth-order valence-corrected chi connectivity index (χ4v) is 2.98. The molecule has 2 rings (SSSR count). The Bertz CT molecular complexity index is 688. The molecule has 0 unspecified atom stereocenters. The summed E-state index contributed by atoms with van der Waals surface area (Å²) in [6, 6.07) is 16.9. The molecule has 0 heterocycles. The lowest BCUT2D eigenvalue weighted by atomic mass is 9.84. The van der Waals surface area contributed by atoms with Gasteiger partial charge >= 0.3 is 5.97 Å². The van der Waals surface area contributed by atoms with Crippen molar-refractivity contribution in [2.45, 2.75) is 19.3 Å². The van der Waals surface area contributed by atoms with Gasteiger partial charge in [-0.25, -0.2) is 0 Å². The van der Waals surface area contributed by atoms with E-state index in [1.165, 1.54) is 0 Å². The topological polar surface area (TPSA) is 66.4 Å². The summed E-state index contributed by atoms with van der Waals surface area (Å²) in [6.45, 7) is 1.89. The number of para-hydroxylation sites is 1. The van der Waals surface area contributed by atoms with E-state index < -0.39 is 11.9 Å². The average Bonchev–Trinajstić information content (AvgIpc) is 2.54. The van der Waals surface area contributed by atoms with Crippen LogP contribution in [-0.2, 0) is 9.59 Å². The molecule has 2 N–H and O–H groups in total. The summed E-state index contributed by atoms with van der Waals surface area (Å²) in [7, 11) is 0. The van der Waals surface area contributed by atoms with E-state index in [0.717, 1.165) is 9.13 Å². The van der Waals surface area contributed by atoms with Crippen molar-refractivity contribution in [1.82, 2.24) is 0 Å². The maximum Gasteiger partial charge on any atom is 0.304 e. The first-order valence-corrected chi connectivity index (χ1v) is 8.39. The summed E-state index contributed by atoms with van der Waals surface area (Å²) in [6.07, 6.45) is -0.203. The maximum absolute atomic E-state index is 12.6. The molecule has 4 nitrogen and oxygen atoms in total. The zero-order chi connectivity index (χ0) is 16.8. The lowest BCUT2D eigenvalue weighted by Gasteiger charge is -2.22. The van der Waals surface area contributed by atoms with Gasteiger partial charge in [-0.2, -0.15) is 0 Å². The van der Waals surface area contributed by atoms with Gasteiger partial charge in [-0.05, 0) is 46.2 Å². The summed E-state index contributed by atoms with van der Waals surface area (Å²) in [4.78, 5) is 23.8. The molecule has 0 aliphatic heterocycles. The number of carbonyl (C=O) groups excluding carboxylic acids is 1. The molecule has 0 spiro atoms. The van der Waals surface area contributed by atoms with Crippen molar-refractivity contribution in [3.8, 4) is 0 Å². The maximum atomic E-state index is 12.6. The van der Waals surface area contributed by atoms with Crippen LogP contribution in [0.4, 0.5) is 5.69 Å². The molecule has 0 saturated heterocycles. The van der Waals surface area contributed by atoms with Crippen LogP contribution in [0.1, 0.15) is 24.8 Å². The van der Waals surface area contributed by atoms with E-state index in [9.17, 15) is 9.59 Å². The van der Waals surface area contributed by atoms with Crippen molar-refractivity contribution in [2.75, 3.05) is 5.32 Å². The number of carboxylic acid groups (broad SMARTS) is 1. The standard InChI is InChI=1S/C18H18INO3/c1-12(13-7-3-2-4-8-13)14(11-17(21)22)18(23)20-16-10-6-5-9-15(16)19/h2-10,12,14H,11H2,1H3,(H,20,23)(H,21,22)/t12-,14-/m1/s1. The van der Waals surface area contributed by atoms with Gasteiger partial charge < -0.3 is 10.4 Å². The molecule has 0 saturated carbocycles. The van der Waals surface area contributed by atoms with Crippen molar-refractivity contribution >= 4 is 40.2 Å². The summed E-state index contributed by atoms with van der Waals surface area (Å²) in [5.74, 6) is -2.07. The van der Waals surface area contributed by atoms with Gasteiger partial charge in [0, 0.05) is 3.57 Å². The highest BCUT2D eigenvalue weighted by atomic mass is 127. The Morgan fingerprint density at radius 1 is 1.09 bits per heavy atom. The second-order valence-corrected chi connectivity index (χ2v) is 6.54. The number of carboxylic acids is 1. The number of rotatable bonds is 6. The Morgan fingerprint density at radius 3 is 2.30 bits per heavy atom. The van der Waals surface area contributed by atoms with Crippen molar-refractivity contribution in [2.24, 2.45) is 5.92 Å². The molecule has 2 atom stereocenters. The van der Waals surface area contributed by atoms with Crippen LogP contribution in [0.2, 0.25) is 0 Å². The van der Waals surface area contributed by atoms with Crippen LogP contribution in [0, 0.1) is 9.49 Å². The Morgan fingerprint density at radius 2 is 1.70 bits per heavy atom. The molecular weight excluding hydrogens is 405 g/mol. The second kappa shape index (κ2) is 8.10. The van der Waals surface area contributed by atoms with E-state index in [1.54, 1.807) is 0 Å². The van der Waals surface area contributed by atoms with Crippen LogP contribution >= 0.6 is 22.6 Å². The predicted molar refractivity (Wildman–Crippen MR) is 98.4 cm³/mol. The summed E-state index contributed by atoms with van der Waals surface area (Å²) >= 11 is 2.14. The van der Waals surface area contributed by atoms with Crippen LogP contribution in [0.15, 0.2) is 54.6 Å². The Kier molecular flexibility index (Phi) is 6.15. The van der Waals surface area contributed by atoms with Gasteiger partial charge in [-0.15, -0.1) is 0 Å². The zero-order valence-electron chi connectivity index (χ0n) is 12.7. The molecule has 0 radical (unpaired) electrons. The highest BCUT2D eigenvalue weighted by molar-refractivity contribution is 14.1. The first-order valence-electron chi connectivity index (χ1n) is 7.31. The number of aliphatic carboxylic acids is 1. The number of anilines is 1. The average molecular weight is 423 g/mol. The Labute approximate surface area is 149 Å². The van der Waals surface area contributed by atoms with Gasteiger partial charge in [0.25, 0.3) is 0 Å². The SMILES string of the molecule is C[C@H](c1ccccc1)[C@@H](CC(=O)O)C(=O)Nc1ccccc1I. The molecular formula is C18H18INO3. The minimum absolute atomic E-state index is 0.186. The zero-order valence-corrected chi connectivity index (χ0v) is 14.9. The fraction of sp³-hybridized carbons (Fsp3) is 0.222. The van der Waals surface area contributed by atoms with Gasteiger partial charge in [0.2, 0.25) is 5.91 Å². The van der Waals surface area contributed by atoms with Crippen molar-refractivity contribution in [3.05, 3.63) is 63.7 Å². The van der Waals surface area contributed by atoms with Crippen LogP contribution in [-0.4, -0.2) is 17.0 Å². The molecule has 2 aromatic carbocycles. The van der Waals surface area contributed by atoms with Gasteiger partial charge in [-0.3, -0.25) is 9.59 Å². The quantitative estimate of drug-likeness (QED) is 0.687. The fourth-order valence-electron chi connectivity index (χ4n) is 2.46. The number of amides is 1. The first kappa shape index (κ1) is 17.5. The molecule has 0 aromatic heterocycles. The van der Waals surface area contributed by atoms with Crippen LogP contribution in [0.5, 0.6) is 0 Å². The van der Waals surface area contributed by atoms with Crippen molar-refractivity contribution in [1.29, 1.82) is 0 Å². The van der Waals surface area contributed by atoms with Crippen LogP contribution < -0.4 is 5.32 Å². The van der Waals surface area contributed by atoms with Gasteiger partial charge in [0.05, 0.1) is 18.0 Å². The number of nitrogens with one attached hydrogen (secondary N) is 1. The van der Waals surface area contributed by atoms with Crippen molar-refractivity contribution < 1.29 is 14.7 Å². The number of carbonyl (C=O) groups is 2. The van der Waals surface area contributed by atoms with E-state index in [1.807, 2.05) is 61.5 Å². The molecule has 1 amide bonds. The molecule has 2 aromatic rings. The predicted octanol–water partition coefficient (Wildman–Crippen LogP) is 4.12. The van der Waals surface area contributed by atoms with Crippen LogP contribution in [0.25, 0.3) is 0 Å². The number of halogens is 1. The second-order valence-electron chi connectivity index (χ2n) is 5.37. The van der Waals surface area contributed by atoms with Gasteiger partial charge in [0.15, 0.2) is 0 Å². The van der Waals surface area contributed by atoms with E-state index >= 15 is 0 Å². The summed E-state index contributed by atoms with van der Waals surface area (Å²) < 4.78 is 0.917. The molecule has 0 aliphatic carbocycles. The van der Waals surface area contributed by atoms with Crippen molar-refractivity contribution in [3.63, 3.8) is 0 Å². The summed E-state index contributed by atoms with van der Waals surface area (Å²) in [5, 5.41) is 12.0. The largest absolute Gasteiger partial charge is 0.481 e. The third-order valence-corrected chi connectivity index (χ3v) is 4.73. The number of hydrogen-bond donors (Lipinski definition) is 2. The van der Waals surface area contributed by atoms with E-state index in [-0.39, 0.29) is 18.2 Å². The number of hydrogen-bond acceptors (Lipinski definition) is 2. The molecule has 5 heteroatoms. The smallest absolute Gasteiger partial charge is 0.304 e. The minimum atomic E-state index is -0.976. The molecule has 23 heavy (non-hydrogen) atoms. The molecule has 0 bridgehead atoms. The molecule has 0 fully saturated rings. The van der Waals surface area contributed by atoms with Gasteiger partial charge in [-0.1, -0.05) is 49.4 Å². The van der Waals surface area contributed by atoms with Gasteiger partial charge in [0.1, 0.15) is 0 Å². The first-order chi connectivity index (χ1) is 11.0. The third-order valence-electron chi connectivity index (χ3n) is 3.79. The highest BCUT2D eigenvalue weighted by Gasteiger charge is 2.29. The highest BCUT2D eigenvalue weighted by Crippen LogP contribution is 2.29. The normalized spacial score (nSPS) is 13.1.